The second-order valence-electron chi connectivity index (χ2n) is 6.43. The third-order valence-electron chi connectivity index (χ3n) is 4.82. The van der Waals surface area contributed by atoms with E-state index < -0.39 is 0 Å². The van der Waals surface area contributed by atoms with Crippen molar-refractivity contribution in [2.75, 3.05) is 26.7 Å². The smallest absolute Gasteiger partial charge is 0.244 e. The van der Waals surface area contributed by atoms with E-state index in [1.165, 1.54) is 0 Å². The van der Waals surface area contributed by atoms with E-state index in [1.807, 2.05) is 59.6 Å². The van der Waals surface area contributed by atoms with Gasteiger partial charge in [0.15, 0.2) is 0 Å². The van der Waals surface area contributed by atoms with Crippen molar-refractivity contribution in [3.63, 3.8) is 0 Å². The summed E-state index contributed by atoms with van der Waals surface area (Å²) in [6.45, 7) is 2.41. The molecule has 1 N–H and O–H groups in total. The highest BCUT2D eigenvalue weighted by Gasteiger charge is 2.29. The third-order valence-corrected chi connectivity index (χ3v) is 4.82. The van der Waals surface area contributed by atoms with E-state index in [2.05, 4.69) is 10.4 Å². The van der Waals surface area contributed by atoms with Crippen molar-refractivity contribution < 1.29 is 9.53 Å². The minimum atomic E-state index is -0.0441. The third kappa shape index (κ3) is 3.91. The maximum absolute atomic E-state index is 13.0. The summed E-state index contributed by atoms with van der Waals surface area (Å²) in [7, 11) is 1.66. The van der Waals surface area contributed by atoms with Gasteiger partial charge in [-0.05, 0) is 12.1 Å². The Morgan fingerprint density at radius 1 is 1.22 bits per heavy atom. The number of hydrogen-bond donors (Lipinski definition) is 1. The molecule has 1 atom stereocenters. The molecule has 0 saturated carbocycles. The number of carbonyl (C=O) groups excluding carboxylic acids is 1. The molecule has 1 unspecified atom stereocenters. The molecule has 3 aromatic rings. The molecule has 2 heterocycles. The zero-order valence-electron chi connectivity index (χ0n) is 15.2. The molecule has 142 valence electrons. The Kier molecular flexibility index (Phi) is 5.98. The normalized spacial score (nSPS) is 16.8. The Morgan fingerprint density at radius 3 is 2.81 bits per heavy atom. The first-order valence-corrected chi connectivity index (χ1v) is 8.81. The van der Waals surface area contributed by atoms with Crippen LogP contribution in [0.2, 0.25) is 0 Å². The molecule has 1 saturated heterocycles. The summed E-state index contributed by atoms with van der Waals surface area (Å²) in [6, 6.07) is 15.7. The van der Waals surface area contributed by atoms with Crippen LogP contribution in [-0.4, -0.2) is 47.3 Å². The maximum atomic E-state index is 13.0. The summed E-state index contributed by atoms with van der Waals surface area (Å²) in [5, 5.41) is 8.93. The van der Waals surface area contributed by atoms with Gasteiger partial charge < -0.3 is 15.0 Å². The molecule has 7 heteroatoms. The summed E-state index contributed by atoms with van der Waals surface area (Å²) in [6.07, 6.45) is 1.92. The van der Waals surface area contributed by atoms with Crippen LogP contribution >= 0.6 is 12.4 Å². The summed E-state index contributed by atoms with van der Waals surface area (Å²) in [4.78, 5) is 15.0. The van der Waals surface area contributed by atoms with Crippen LogP contribution in [0, 0.1) is 0 Å². The lowest BCUT2D eigenvalue weighted by Crippen LogP contribution is -2.49. The van der Waals surface area contributed by atoms with Crippen LogP contribution in [-0.2, 0) is 11.3 Å². The van der Waals surface area contributed by atoms with Gasteiger partial charge in [-0.3, -0.25) is 9.48 Å². The highest BCUT2D eigenvalue weighted by molar-refractivity contribution is 5.85. The lowest BCUT2D eigenvalue weighted by atomic mass is 10.0. The molecule has 1 fully saturated rings. The number of piperazine rings is 1. The van der Waals surface area contributed by atoms with E-state index in [9.17, 15) is 4.79 Å². The van der Waals surface area contributed by atoms with Crippen LogP contribution in [0.25, 0.3) is 10.9 Å². The molecule has 4 rings (SSSR count). The van der Waals surface area contributed by atoms with E-state index in [-0.39, 0.29) is 30.9 Å². The Labute approximate surface area is 164 Å². The van der Waals surface area contributed by atoms with Crippen LogP contribution in [0.1, 0.15) is 11.6 Å². The van der Waals surface area contributed by atoms with E-state index >= 15 is 0 Å². The first kappa shape index (κ1) is 19.2. The number of carbonyl (C=O) groups is 1. The lowest BCUT2D eigenvalue weighted by Gasteiger charge is -2.37. The Hall–Kier alpha value is -2.57. The standard InChI is InChI=1S/C20H22N4O2.ClH/c1-26-19-9-5-3-7-16(19)18-12-21-10-11-24(18)20(25)14-23-13-15-6-2-4-8-17(15)22-23;/h2-9,13,18,21H,10-12,14H2,1H3;1H. The van der Waals surface area contributed by atoms with Crippen molar-refractivity contribution in [1.82, 2.24) is 20.0 Å². The van der Waals surface area contributed by atoms with Gasteiger partial charge >= 0.3 is 0 Å². The number of nitrogens with one attached hydrogen (secondary N) is 1. The number of rotatable bonds is 4. The number of nitrogens with zero attached hydrogens (tertiary/aromatic N) is 3. The topological polar surface area (TPSA) is 59.4 Å². The molecule has 1 aromatic heterocycles. The lowest BCUT2D eigenvalue weighted by molar-refractivity contribution is -0.135. The summed E-state index contributed by atoms with van der Waals surface area (Å²) >= 11 is 0. The quantitative estimate of drug-likeness (QED) is 0.748. The van der Waals surface area contributed by atoms with Gasteiger partial charge in [0.25, 0.3) is 0 Å². The molecule has 1 aliphatic heterocycles. The van der Waals surface area contributed by atoms with Crippen molar-refractivity contribution in [3.05, 3.63) is 60.3 Å². The highest BCUT2D eigenvalue weighted by Crippen LogP contribution is 2.30. The SMILES string of the molecule is COc1ccccc1C1CNCCN1C(=O)Cn1cc2ccccc2n1.Cl. The van der Waals surface area contributed by atoms with E-state index in [4.69, 9.17) is 4.74 Å². The van der Waals surface area contributed by atoms with Crippen molar-refractivity contribution in [3.8, 4) is 5.75 Å². The molecule has 1 aliphatic rings. The number of halogens is 1. The Morgan fingerprint density at radius 2 is 2.00 bits per heavy atom. The van der Waals surface area contributed by atoms with Gasteiger partial charge in [-0.25, -0.2) is 0 Å². The molecule has 27 heavy (non-hydrogen) atoms. The van der Waals surface area contributed by atoms with Crippen LogP contribution in [0.3, 0.4) is 0 Å². The molecule has 1 amide bonds. The van der Waals surface area contributed by atoms with Gasteiger partial charge in [0.2, 0.25) is 5.91 Å². The van der Waals surface area contributed by atoms with Gasteiger partial charge in [-0.15, -0.1) is 12.4 Å². The fourth-order valence-electron chi connectivity index (χ4n) is 3.55. The number of fused-ring (bicyclic) bond motifs is 1. The van der Waals surface area contributed by atoms with Gasteiger partial charge in [0, 0.05) is 36.8 Å². The Bertz CT molecular complexity index is 894. The fraction of sp³-hybridized carbons (Fsp3) is 0.300. The van der Waals surface area contributed by atoms with Gasteiger partial charge in [-0.1, -0.05) is 36.4 Å². The average molecular weight is 387 g/mol. The molecule has 0 bridgehead atoms. The first-order valence-electron chi connectivity index (χ1n) is 8.81. The minimum Gasteiger partial charge on any atom is -0.496 e. The zero-order valence-corrected chi connectivity index (χ0v) is 16.0. The predicted octanol–water partition coefficient (Wildman–Crippen LogP) is 2.64. The van der Waals surface area contributed by atoms with Crippen LogP contribution in [0.4, 0.5) is 0 Å². The van der Waals surface area contributed by atoms with Crippen molar-refractivity contribution in [1.29, 1.82) is 0 Å². The van der Waals surface area contributed by atoms with E-state index in [1.54, 1.807) is 11.8 Å². The largest absolute Gasteiger partial charge is 0.496 e. The number of ether oxygens (including phenoxy) is 1. The fourth-order valence-corrected chi connectivity index (χ4v) is 3.55. The minimum absolute atomic E-state index is 0. The maximum Gasteiger partial charge on any atom is 0.244 e. The van der Waals surface area contributed by atoms with Crippen molar-refractivity contribution >= 4 is 29.2 Å². The first-order chi connectivity index (χ1) is 12.8. The van der Waals surface area contributed by atoms with E-state index in [0.717, 1.165) is 28.8 Å². The molecule has 2 aromatic carbocycles. The second-order valence-corrected chi connectivity index (χ2v) is 6.43. The number of aromatic nitrogens is 2. The number of para-hydroxylation sites is 1. The van der Waals surface area contributed by atoms with Gasteiger partial charge in [0.05, 0.1) is 18.7 Å². The highest BCUT2D eigenvalue weighted by atomic mass is 35.5. The summed E-state index contributed by atoms with van der Waals surface area (Å²) < 4.78 is 7.23. The zero-order chi connectivity index (χ0) is 17.9. The van der Waals surface area contributed by atoms with Gasteiger partial charge in [0.1, 0.15) is 12.3 Å². The monoisotopic (exact) mass is 386 g/mol. The number of benzene rings is 2. The van der Waals surface area contributed by atoms with Crippen molar-refractivity contribution in [2.24, 2.45) is 0 Å². The molecule has 0 aliphatic carbocycles. The van der Waals surface area contributed by atoms with Crippen LogP contribution < -0.4 is 10.1 Å². The average Bonchev–Trinajstić information content (AvgIpc) is 3.10. The summed E-state index contributed by atoms with van der Waals surface area (Å²) in [5.41, 5.74) is 1.93. The predicted molar refractivity (Wildman–Crippen MR) is 107 cm³/mol. The van der Waals surface area contributed by atoms with Crippen molar-refractivity contribution in [2.45, 2.75) is 12.6 Å². The molecule has 0 radical (unpaired) electrons. The second kappa shape index (κ2) is 8.41. The van der Waals surface area contributed by atoms with Crippen LogP contribution in [0.5, 0.6) is 5.75 Å². The van der Waals surface area contributed by atoms with Gasteiger partial charge in [-0.2, -0.15) is 5.10 Å². The summed E-state index contributed by atoms with van der Waals surface area (Å²) in [5.74, 6) is 0.874. The molecule has 6 nitrogen and oxygen atoms in total. The Balaban J connectivity index is 0.00000210. The molecular formula is C20H23ClN4O2. The number of methoxy groups -OCH3 is 1. The van der Waals surface area contributed by atoms with E-state index in [0.29, 0.717) is 13.1 Å². The number of amides is 1. The molecular weight excluding hydrogens is 364 g/mol. The van der Waals surface area contributed by atoms with Crippen LogP contribution in [0.15, 0.2) is 54.7 Å². The number of hydrogen-bond acceptors (Lipinski definition) is 4. The molecule has 0 spiro atoms.